The highest BCUT2D eigenvalue weighted by atomic mass is 16.5. The second-order valence-corrected chi connectivity index (χ2v) is 5.75. The predicted octanol–water partition coefficient (Wildman–Crippen LogP) is 1.61. The first-order valence-electron chi connectivity index (χ1n) is 7.80. The van der Waals surface area contributed by atoms with Gasteiger partial charge in [-0.15, -0.1) is 0 Å². The maximum Gasteiger partial charge on any atom is 0.255 e. The van der Waals surface area contributed by atoms with Gasteiger partial charge in [0.2, 0.25) is 5.56 Å². The van der Waals surface area contributed by atoms with Crippen molar-refractivity contribution in [2.45, 2.75) is 6.10 Å². The Morgan fingerprint density at radius 2 is 2.12 bits per heavy atom. The number of aryl methyl sites for hydroxylation is 1. The number of ether oxygens (including phenoxy) is 2. The zero-order valence-electron chi connectivity index (χ0n) is 13.8. The predicted molar refractivity (Wildman–Crippen MR) is 89.3 cm³/mol. The number of methoxy groups -OCH3 is 1. The van der Waals surface area contributed by atoms with Gasteiger partial charge in [0, 0.05) is 25.9 Å². The Balaban J connectivity index is 1.78. The number of hydrogen-bond acceptors (Lipinski definition) is 4. The van der Waals surface area contributed by atoms with Crippen molar-refractivity contribution < 1.29 is 14.3 Å². The maximum atomic E-state index is 12.7. The molecule has 1 atom stereocenters. The lowest BCUT2D eigenvalue weighted by Crippen LogP contribution is -2.42. The smallest absolute Gasteiger partial charge is 0.255 e. The fourth-order valence-corrected chi connectivity index (χ4v) is 2.78. The Labute approximate surface area is 140 Å². The molecule has 1 fully saturated rings. The molecule has 0 bridgehead atoms. The number of pyridine rings is 1. The average molecular weight is 328 g/mol. The number of amides is 1. The summed E-state index contributed by atoms with van der Waals surface area (Å²) in [6.45, 7) is 1.47. The van der Waals surface area contributed by atoms with Crippen LogP contribution in [0.1, 0.15) is 22.0 Å². The quantitative estimate of drug-likeness (QED) is 0.859. The molecule has 1 aliphatic heterocycles. The van der Waals surface area contributed by atoms with Gasteiger partial charge in [-0.25, -0.2) is 0 Å². The molecule has 24 heavy (non-hydrogen) atoms. The first kappa shape index (κ1) is 16.3. The number of benzene rings is 1. The lowest BCUT2D eigenvalue weighted by molar-refractivity contribution is -0.0229. The molecule has 0 radical (unpaired) electrons. The molecule has 126 valence electrons. The molecule has 2 aromatic rings. The summed E-state index contributed by atoms with van der Waals surface area (Å²) >= 11 is 0. The van der Waals surface area contributed by atoms with Gasteiger partial charge in [0.25, 0.3) is 5.91 Å². The number of carbonyl (C=O) groups is 1. The largest absolute Gasteiger partial charge is 0.497 e. The van der Waals surface area contributed by atoms with Crippen molar-refractivity contribution in [2.75, 3.05) is 26.8 Å². The van der Waals surface area contributed by atoms with Crippen molar-refractivity contribution in [1.29, 1.82) is 0 Å². The molecule has 3 rings (SSSR count). The topological polar surface area (TPSA) is 60.8 Å². The van der Waals surface area contributed by atoms with Gasteiger partial charge in [-0.2, -0.15) is 0 Å². The lowest BCUT2D eigenvalue weighted by atomic mass is 10.1. The van der Waals surface area contributed by atoms with Crippen molar-refractivity contribution in [3.8, 4) is 5.75 Å². The average Bonchev–Trinajstić information content (AvgIpc) is 2.63. The minimum atomic E-state index is -0.190. The summed E-state index contributed by atoms with van der Waals surface area (Å²) in [7, 11) is 3.26. The molecule has 1 aliphatic rings. The minimum absolute atomic E-state index is 0.0956. The van der Waals surface area contributed by atoms with E-state index in [0.717, 1.165) is 11.3 Å². The van der Waals surface area contributed by atoms with Crippen LogP contribution in [0.2, 0.25) is 0 Å². The van der Waals surface area contributed by atoms with E-state index in [1.807, 2.05) is 24.3 Å². The van der Waals surface area contributed by atoms with E-state index in [-0.39, 0.29) is 17.6 Å². The Hall–Kier alpha value is -2.60. The highest BCUT2D eigenvalue weighted by molar-refractivity contribution is 5.94. The summed E-state index contributed by atoms with van der Waals surface area (Å²) in [5.41, 5.74) is 1.35. The molecule has 6 nitrogen and oxygen atoms in total. The van der Waals surface area contributed by atoms with Crippen molar-refractivity contribution in [2.24, 2.45) is 7.05 Å². The first-order valence-corrected chi connectivity index (χ1v) is 7.80. The Morgan fingerprint density at radius 1 is 1.29 bits per heavy atom. The van der Waals surface area contributed by atoms with E-state index in [1.165, 1.54) is 10.6 Å². The molecule has 1 amide bonds. The van der Waals surface area contributed by atoms with Crippen LogP contribution in [0.25, 0.3) is 0 Å². The Morgan fingerprint density at radius 3 is 2.88 bits per heavy atom. The molecule has 1 saturated heterocycles. The molecular weight excluding hydrogens is 308 g/mol. The van der Waals surface area contributed by atoms with Gasteiger partial charge in [-0.1, -0.05) is 12.1 Å². The van der Waals surface area contributed by atoms with Crippen LogP contribution < -0.4 is 10.3 Å². The monoisotopic (exact) mass is 328 g/mol. The third-order valence-electron chi connectivity index (χ3n) is 4.15. The Bertz CT molecular complexity index is 800. The fraction of sp³-hybridized carbons (Fsp3) is 0.333. The summed E-state index contributed by atoms with van der Waals surface area (Å²) < 4.78 is 12.5. The lowest BCUT2D eigenvalue weighted by Gasteiger charge is -2.33. The van der Waals surface area contributed by atoms with Crippen molar-refractivity contribution in [3.63, 3.8) is 0 Å². The van der Waals surface area contributed by atoms with Crippen LogP contribution >= 0.6 is 0 Å². The van der Waals surface area contributed by atoms with E-state index >= 15 is 0 Å². The van der Waals surface area contributed by atoms with E-state index in [1.54, 1.807) is 31.3 Å². The molecule has 1 unspecified atom stereocenters. The second kappa shape index (κ2) is 6.88. The van der Waals surface area contributed by atoms with Gasteiger partial charge < -0.3 is 18.9 Å². The second-order valence-electron chi connectivity index (χ2n) is 5.75. The highest BCUT2D eigenvalue weighted by Gasteiger charge is 2.26. The highest BCUT2D eigenvalue weighted by Crippen LogP contribution is 2.26. The molecule has 1 aromatic heterocycles. The number of nitrogens with zero attached hydrogens (tertiary/aromatic N) is 2. The number of carbonyl (C=O) groups excluding carboxylic acids is 1. The standard InChI is InChI=1S/C18H20N2O4/c1-19-11-14(6-7-17(19)21)18(22)20-8-9-24-16(12-20)13-4-3-5-15(10-13)23-2/h3-7,10-11,16H,8-9,12H2,1-2H3. The van der Waals surface area contributed by atoms with Crippen LogP contribution in [0.3, 0.4) is 0 Å². The van der Waals surface area contributed by atoms with Gasteiger partial charge in [0.15, 0.2) is 0 Å². The zero-order chi connectivity index (χ0) is 17.1. The molecule has 2 heterocycles. The number of rotatable bonds is 3. The van der Waals surface area contributed by atoms with Crippen LogP contribution in [0.5, 0.6) is 5.75 Å². The van der Waals surface area contributed by atoms with E-state index < -0.39 is 0 Å². The minimum Gasteiger partial charge on any atom is -0.497 e. The molecule has 0 N–H and O–H groups in total. The van der Waals surface area contributed by atoms with Crippen molar-refractivity contribution in [3.05, 3.63) is 64.1 Å². The third kappa shape index (κ3) is 3.33. The van der Waals surface area contributed by atoms with E-state index in [4.69, 9.17) is 9.47 Å². The van der Waals surface area contributed by atoms with Gasteiger partial charge in [0.05, 0.1) is 25.8 Å². The fourth-order valence-electron chi connectivity index (χ4n) is 2.78. The normalized spacial score (nSPS) is 17.6. The van der Waals surface area contributed by atoms with Crippen LogP contribution in [0.15, 0.2) is 47.4 Å². The van der Waals surface area contributed by atoms with Crippen LogP contribution in [0.4, 0.5) is 0 Å². The van der Waals surface area contributed by atoms with Crippen LogP contribution in [-0.4, -0.2) is 42.2 Å². The summed E-state index contributed by atoms with van der Waals surface area (Å²) in [6, 6.07) is 10.6. The van der Waals surface area contributed by atoms with Crippen LogP contribution in [-0.2, 0) is 11.8 Å². The summed E-state index contributed by atoms with van der Waals surface area (Å²) in [4.78, 5) is 25.9. The molecule has 6 heteroatoms. The summed E-state index contributed by atoms with van der Waals surface area (Å²) in [5, 5.41) is 0. The van der Waals surface area contributed by atoms with E-state index in [2.05, 4.69) is 0 Å². The van der Waals surface area contributed by atoms with Gasteiger partial charge >= 0.3 is 0 Å². The molecule has 0 aliphatic carbocycles. The van der Waals surface area contributed by atoms with Gasteiger partial charge in [0.1, 0.15) is 11.9 Å². The molecule has 0 saturated carbocycles. The maximum absolute atomic E-state index is 12.7. The molecule has 0 spiro atoms. The van der Waals surface area contributed by atoms with Gasteiger partial charge in [-0.3, -0.25) is 9.59 Å². The summed E-state index contributed by atoms with van der Waals surface area (Å²) in [6.07, 6.45) is 1.38. The number of morpholine rings is 1. The third-order valence-corrected chi connectivity index (χ3v) is 4.15. The van der Waals surface area contributed by atoms with Crippen molar-refractivity contribution in [1.82, 2.24) is 9.47 Å². The Kier molecular flexibility index (Phi) is 4.66. The van der Waals surface area contributed by atoms with Crippen molar-refractivity contribution >= 4 is 5.91 Å². The first-order chi connectivity index (χ1) is 11.6. The van der Waals surface area contributed by atoms with E-state index in [0.29, 0.717) is 25.3 Å². The molecular formula is C18H20N2O4. The summed E-state index contributed by atoms with van der Waals surface area (Å²) in [5.74, 6) is 0.666. The zero-order valence-corrected chi connectivity index (χ0v) is 13.8. The molecule has 1 aromatic carbocycles. The van der Waals surface area contributed by atoms with Gasteiger partial charge in [-0.05, 0) is 23.8 Å². The van der Waals surface area contributed by atoms with Crippen LogP contribution in [0, 0.1) is 0 Å². The van der Waals surface area contributed by atoms with E-state index in [9.17, 15) is 9.59 Å². The SMILES string of the molecule is COc1cccc(C2CN(C(=O)c3ccc(=O)n(C)c3)CCO2)c1. The number of hydrogen-bond donors (Lipinski definition) is 0. The number of aromatic nitrogens is 1.